The summed E-state index contributed by atoms with van der Waals surface area (Å²) in [4.78, 5) is 69.8. The predicted octanol–water partition coefficient (Wildman–Crippen LogP) is 1.85. The fourth-order valence-corrected chi connectivity index (χ4v) is 7.08. The average Bonchev–Trinajstić information content (AvgIpc) is 3.37. The number of ketones is 1. The summed E-state index contributed by atoms with van der Waals surface area (Å²) in [5, 5.41) is 0. The molecular weight excluding hydrogens is 506 g/mol. The summed E-state index contributed by atoms with van der Waals surface area (Å²) >= 11 is 0. The first-order valence-corrected chi connectivity index (χ1v) is 12.4. The summed E-state index contributed by atoms with van der Waals surface area (Å²) in [5.41, 5.74) is -2.62. The number of fused-ring (bicyclic) bond motifs is 2. The van der Waals surface area contributed by atoms with Crippen molar-refractivity contribution in [1.82, 2.24) is 4.90 Å². The van der Waals surface area contributed by atoms with E-state index in [0.717, 1.165) is 0 Å². The maximum atomic E-state index is 13.8. The molecule has 4 unspecified atom stereocenters. The van der Waals surface area contributed by atoms with Crippen LogP contribution in [0.5, 0.6) is 0 Å². The van der Waals surface area contributed by atoms with Crippen LogP contribution in [0.15, 0.2) is 60.7 Å². The molecule has 10 heteroatoms. The number of ether oxygens (including phenoxy) is 4. The minimum absolute atomic E-state index is 0.314. The van der Waals surface area contributed by atoms with E-state index in [4.69, 9.17) is 18.9 Å². The highest BCUT2D eigenvalue weighted by atomic mass is 16.5. The van der Waals surface area contributed by atoms with Crippen LogP contribution in [0.2, 0.25) is 0 Å². The fourth-order valence-electron chi connectivity index (χ4n) is 7.08. The van der Waals surface area contributed by atoms with Crippen molar-refractivity contribution >= 4 is 29.7 Å². The summed E-state index contributed by atoms with van der Waals surface area (Å²) in [5.74, 6) is -9.04. The van der Waals surface area contributed by atoms with Gasteiger partial charge in [-0.15, -0.1) is 0 Å². The van der Waals surface area contributed by atoms with Gasteiger partial charge in [-0.2, -0.15) is 0 Å². The number of methoxy groups -OCH3 is 4. The lowest BCUT2D eigenvalue weighted by Gasteiger charge is -2.45. The Kier molecular flexibility index (Phi) is 7.61. The molecule has 206 valence electrons. The summed E-state index contributed by atoms with van der Waals surface area (Å²) in [7, 11) is 4.71. The molecule has 0 spiro atoms. The van der Waals surface area contributed by atoms with Crippen molar-refractivity contribution in [2.45, 2.75) is 18.0 Å². The van der Waals surface area contributed by atoms with Crippen molar-refractivity contribution in [2.24, 2.45) is 23.7 Å². The number of carbonyl (C=O) groups excluding carboxylic acids is 5. The van der Waals surface area contributed by atoms with Gasteiger partial charge >= 0.3 is 23.9 Å². The molecule has 2 bridgehead atoms. The molecule has 4 rings (SSSR count). The minimum atomic E-state index is -1.74. The second kappa shape index (κ2) is 10.6. The zero-order chi connectivity index (χ0) is 28.5. The van der Waals surface area contributed by atoms with E-state index in [1.165, 1.54) is 35.4 Å². The first-order valence-electron chi connectivity index (χ1n) is 12.4. The Labute approximate surface area is 226 Å². The topological polar surface area (TPSA) is 126 Å². The van der Waals surface area contributed by atoms with E-state index in [0.29, 0.717) is 11.1 Å². The molecular formula is C29H31NO9. The standard InChI is InChI=1S/C29H31NO9/c1-17(31)16-30-28(18-12-8-6-9-13-18)20(24(32)36-2)21(25(33)37-3)29(30,19-14-10-7-11-15-19)23(27(35)39-5)22(28)26(34)38-4/h6-15,20-23H,16H2,1-5H3. The Hall–Kier alpha value is -4.05. The Morgan fingerprint density at radius 3 is 1.10 bits per heavy atom. The number of nitrogens with zero attached hydrogens (tertiary/aromatic N) is 1. The fraction of sp³-hybridized carbons (Fsp3) is 0.414. The van der Waals surface area contributed by atoms with E-state index in [1.54, 1.807) is 65.6 Å². The van der Waals surface area contributed by atoms with Crippen LogP contribution in [0.1, 0.15) is 18.1 Å². The van der Waals surface area contributed by atoms with Crippen molar-refractivity contribution in [3.05, 3.63) is 71.8 Å². The van der Waals surface area contributed by atoms with Gasteiger partial charge in [0.25, 0.3) is 0 Å². The molecule has 0 saturated carbocycles. The quantitative estimate of drug-likeness (QED) is 0.364. The number of Topliss-reactive ketones (excluding diaryl/α,β-unsaturated/α-hetero) is 1. The Morgan fingerprint density at radius 1 is 0.590 bits per heavy atom. The number of hydrogen-bond donors (Lipinski definition) is 0. The second-order valence-corrected chi connectivity index (χ2v) is 9.67. The highest BCUT2D eigenvalue weighted by Gasteiger charge is 2.86. The Morgan fingerprint density at radius 2 is 0.872 bits per heavy atom. The summed E-state index contributed by atoms with van der Waals surface area (Å²) in [6.07, 6.45) is 0. The van der Waals surface area contributed by atoms with Crippen LogP contribution in [0.4, 0.5) is 0 Å². The van der Waals surface area contributed by atoms with Crippen LogP contribution in [0.25, 0.3) is 0 Å². The first-order chi connectivity index (χ1) is 18.7. The number of rotatable bonds is 8. The van der Waals surface area contributed by atoms with Crippen molar-refractivity contribution < 1.29 is 42.9 Å². The molecule has 2 aromatic carbocycles. The number of esters is 4. The molecule has 2 aromatic rings. The molecule has 2 saturated heterocycles. The highest BCUT2D eigenvalue weighted by Crippen LogP contribution is 2.73. The number of hydrogen-bond acceptors (Lipinski definition) is 10. The number of benzene rings is 2. The van der Waals surface area contributed by atoms with Crippen LogP contribution in [-0.4, -0.2) is 69.5 Å². The molecule has 0 radical (unpaired) electrons. The lowest BCUT2D eigenvalue weighted by molar-refractivity contribution is -0.177. The van der Waals surface area contributed by atoms with Gasteiger partial charge in [-0.25, -0.2) is 0 Å². The van der Waals surface area contributed by atoms with E-state index < -0.39 is 58.6 Å². The van der Waals surface area contributed by atoms with Gasteiger partial charge in [0.05, 0.1) is 69.7 Å². The van der Waals surface area contributed by atoms with Crippen molar-refractivity contribution in [3.8, 4) is 0 Å². The van der Waals surface area contributed by atoms with Crippen LogP contribution < -0.4 is 0 Å². The van der Waals surface area contributed by atoms with Crippen LogP contribution in [0, 0.1) is 23.7 Å². The molecule has 0 N–H and O–H groups in total. The Bertz CT molecular complexity index is 1140. The third kappa shape index (κ3) is 3.76. The zero-order valence-corrected chi connectivity index (χ0v) is 22.4. The zero-order valence-electron chi connectivity index (χ0n) is 22.4. The van der Waals surface area contributed by atoms with E-state index in [9.17, 15) is 24.0 Å². The SMILES string of the molecule is COC(=O)C1C(C(=O)OC)C2(c3ccccc3)C(C(=O)OC)C(C(=O)OC)C1(c1ccccc1)N2CC(C)=O. The lowest BCUT2D eigenvalue weighted by Crippen LogP contribution is -2.59. The summed E-state index contributed by atoms with van der Waals surface area (Å²) in [6.45, 7) is 1.04. The van der Waals surface area contributed by atoms with Gasteiger partial charge in [-0.1, -0.05) is 60.7 Å². The molecule has 2 aliphatic rings. The maximum absolute atomic E-state index is 13.8. The van der Waals surface area contributed by atoms with Gasteiger partial charge in [-0.05, 0) is 18.1 Å². The van der Waals surface area contributed by atoms with Gasteiger partial charge < -0.3 is 18.9 Å². The average molecular weight is 538 g/mol. The molecule has 10 nitrogen and oxygen atoms in total. The summed E-state index contributed by atoms with van der Waals surface area (Å²) in [6, 6.07) is 17.1. The van der Waals surface area contributed by atoms with Crippen molar-refractivity contribution in [3.63, 3.8) is 0 Å². The molecule has 4 atom stereocenters. The molecule has 39 heavy (non-hydrogen) atoms. The van der Waals surface area contributed by atoms with Crippen LogP contribution in [0.3, 0.4) is 0 Å². The number of carbonyl (C=O) groups is 5. The van der Waals surface area contributed by atoms with Gasteiger partial charge in [0.2, 0.25) is 0 Å². The molecule has 2 aliphatic heterocycles. The molecule has 0 amide bonds. The minimum Gasteiger partial charge on any atom is -0.469 e. The van der Waals surface area contributed by atoms with Crippen molar-refractivity contribution in [1.29, 1.82) is 0 Å². The third-order valence-electron chi connectivity index (χ3n) is 8.13. The van der Waals surface area contributed by atoms with Gasteiger partial charge in [-0.3, -0.25) is 28.9 Å². The van der Waals surface area contributed by atoms with E-state index in [2.05, 4.69) is 0 Å². The van der Waals surface area contributed by atoms with Gasteiger partial charge in [0, 0.05) is 0 Å². The van der Waals surface area contributed by atoms with Gasteiger partial charge in [0.1, 0.15) is 5.78 Å². The molecule has 0 aromatic heterocycles. The van der Waals surface area contributed by atoms with Crippen LogP contribution in [-0.2, 0) is 54.0 Å². The van der Waals surface area contributed by atoms with E-state index >= 15 is 0 Å². The summed E-state index contributed by atoms with van der Waals surface area (Å²) < 4.78 is 21.0. The Balaban J connectivity index is 2.31. The first kappa shape index (κ1) is 28.0. The predicted molar refractivity (Wildman–Crippen MR) is 136 cm³/mol. The van der Waals surface area contributed by atoms with E-state index in [-0.39, 0.29) is 12.3 Å². The highest BCUT2D eigenvalue weighted by molar-refractivity contribution is 5.95. The maximum Gasteiger partial charge on any atom is 0.311 e. The molecule has 0 aliphatic carbocycles. The van der Waals surface area contributed by atoms with Gasteiger partial charge in [0.15, 0.2) is 0 Å². The van der Waals surface area contributed by atoms with Crippen LogP contribution >= 0.6 is 0 Å². The largest absolute Gasteiger partial charge is 0.469 e. The second-order valence-electron chi connectivity index (χ2n) is 9.67. The third-order valence-corrected chi connectivity index (χ3v) is 8.13. The lowest BCUT2D eigenvalue weighted by atomic mass is 9.53. The normalized spacial score (nSPS) is 29.4. The van der Waals surface area contributed by atoms with Crippen molar-refractivity contribution in [2.75, 3.05) is 35.0 Å². The molecule has 2 fully saturated rings. The van der Waals surface area contributed by atoms with E-state index in [1.807, 2.05) is 0 Å². The molecule has 2 heterocycles. The smallest absolute Gasteiger partial charge is 0.311 e. The monoisotopic (exact) mass is 537 g/mol.